The van der Waals surface area contributed by atoms with Crippen LogP contribution in [0, 0.1) is 21.8 Å². The summed E-state index contributed by atoms with van der Waals surface area (Å²) < 4.78 is 11.3. The van der Waals surface area contributed by atoms with Crippen LogP contribution in [-0.2, 0) is 0 Å². The molecule has 0 spiro atoms. The average Bonchev–Trinajstić information content (AvgIpc) is 2.49. The SMILES string of the molecule is COc1cc(C#N)cc(I)c1OC(=O)c1ccccc1C. The van der Waals surface area contributed by atoms with Crippen molar-refractivity contribution < 1.29 is 14.3 Å². The van der Waals surface area contributed by atoms with Crippen LogP contribution >= 0.6 is 22.6 Å². The third kappa shape index (κ3) is 3.34. The van der Waals surface area contributed by atoms with E-state index >= 15 is 0 Å². The van der Waals surface area contributed by atoms with Gasteiger partial charge in [0.1, 0.15) is 0 Å². The molecule has 4 nitrogen and oxygen atoms in total. The standard InChI is InChI=1S/C16H12INO3/c1-10-5-3-4-6-12(10)16(19)21-15-13(17)7-11(9-18)8-14(15)20-2/h3-8H,1-2H3. The third-order valence-electron chi connectivity index (χ3n) is 2.92. The van der Waals surface area contributed by atoms with Gasteiger partial charge in [0.2, 0.25) is 0 Å². The Hall–Kier alpha value is -2.07. The first kappa shape index (κ1) is 15.3. The lowest BCUT2D eigenvalue weighted by molar-refractivity contribution is 0.0727. The molecule has 2 aromatic rings. The zero-order chi connectivity index (χ0) is 15.4. The monoisotopic (exact) mass is 393 g/mol. The molecule has 0 heterocycles. The topological polar surface area (TPSA) is 59.3 Å². The first-order valence-electron chi connectivity index (χ1n) is 6.12. The number of rotatable bonds is 3. The summed E-state index contributed by atoms with van der Waals surface area (Å²) in [7, 11) is 1.47. The number of carbonyl (C=O) groups excluding carboxylic acids is 1. The Bertz CT molecular complexity index is 735. The molecule has 2 rings (SSSR count). The molecule has 2 aromatic carbocycles. The second kappa shape index (κ2) is 6.59. The highest BCUT2D eigenvalue weighted by Crippen LogP contribution is 2.34. The van der Waals surface area contributed by atoms with Crippen molar-refractivity contribution in [3.8, 4) is 17.6 Å². The Morgan fingerprint density at radius 1 is 1.29 bits per heavy atom. The van der Waals surface area contributed by atoms with E-state index in [4.69, 9.17) is 14.7 Å². The van der Waals surface area contributed by atoms with Gasteiger partial charge in [0, 0.05) is 6.07 Å². The maximum absolute atomic E-state index is 12.3. The number of hydrogen-bond donors (Lipinski definition) is 0. The van der Waals surface area contributed by atoms with Gasteiger partial charge in [-0.1, -0.05) is 18.2 Å². The lowest BCUT2D eigenvalue weighted by atomic mass is 10.1. The quantitative estimate of drug-likeness (QED) is 0.453. The second-order valence-corrected chi connectivity index (χ2v) is 5.47. The lowest BCUT2D eigenvalue weighted by Crippen LogP contribution is -2.11. The van der Waals surface area contributed by atoms with Gasteiger partial charge >= 0.3 is 5.97 Å². The largest absolute Gasteiger partial charge is 0.493 e. The summed E-state index contributed by atoms with van der Waals surface area (Å²) in [5.74, 6) is 0.236. The van der Waals surface area contributed by atoms with Crippen LogP contribution in [0.2, 0.25) is 0 Å². The first-order chi connectivity index (χ1) is 10.1. The zero-order valence-corrected chi connectivity index (χ0v) is 13.7. The molecule has 106 valence electrons. The molecule has 0 radical (unpaired) electrons. The van der Waals surface area contributed by atoms with E-state index in [1.807, 2.05) is 47.7 Å². The molecule has 5 heteroatoms. The fourth-order valence-electron chi connectivity index (χ4n) is 1.83. The minimum absolute atomic E-state index is 0.324. The molecule has 0 unspecified atom stereocenters. The molecule has 0 fully saturated rings. The molecular formula is C16H12INO3. The number of methoxy groups -OCH3 is 1. The fourth-order valence-corrected chi connectivity index (χ4v) is 2.54. The highest BCUT2D eigenvalue weighted by atomic mass is 127. The van der Waals surface area contributed by atoms with Crippen LogP contribution in [0.4, 0.5) is 0 Å². The number of halogens is 1. The maximum Gasteiger partial charge on any atom is 0.343 e. The molecule has 0 saturated carbocycles. The molecule has 21 heavy (non-hydrogen) atoms. The predicted molar refractivity (Wildman–Crippen MR) is 86.6 cm³/mol. The summed E-state index contributed by atoms with van der Waals surface area (Å²) >= 11 is 2.01. The Morgan fingerprint density at radius 2 is 2.00 bits per heavy atom. The number of aryl methyl sites for hydroxylation is 1. The summed E-state index contributed by atoms with van der Waals surface area (Å²) in [4.78, 5) is 12.3. The van der Waals surface area contributed by atoms with Crippen LogP contribution in [0.25, 0.3) is 0 Å². The van der Waals surface area contributed by atoms with Gasteiger partial charge in [-0.2, -0.15) is 5.26 Å². The van der Waals surface area contributed by atoms with E-state index in [1.165, 1.54) is 7.11 Å². The number of ether oxygens (including phenoxy) is 2. The zero-order valence-electron chi connectivity index (χ0n) is 11.5. The van der Waals surface area contributed by atoms with Gasteiger partial charge in [-0.3, -0.25) is 0 Å². The number of nitriles is 1. The van der Waals surface area contributed by atoms with E-state index in [-0.39, 0.29) is 0 Å². The maximum atomic E-state index is 12.3. The van der Waals surface area contributed by atoms with Gasteiger partial charge in [0.05, 0.1) is 27.9 Å². The van der Waals surface area contributed by atoms with Gasteiger partial charge in [0.15, 0.2) is 11.5 Å². The minimum Gasteiger partial charge on any atom is -0.493 e. The van der Waals surface area contributed by atoms with Crippen LogP contribution in [0.5, 0.6) is 11.5 Å². The predicted octanol–water partition coefficient (Wildman–Crippen LogP) is 3.70. The number of hydrogen-bond acceptors (Lipinski definition) is 4. The highest BCUT2D eigenvalue weighted by Gasteiger charge is 2.17. The van der Waals surface area contributed by atoms with Crippen molar-refractivity contribution in [2.75, 3.05) is 7.11 Å². The van der Waals surface area contributed by atoms with Crippen LogP contribution in [0.1, 0.15) is 21.5 Å². The molecule has 0 N–H and O–H groups in total. The Kier molecular flexibility index (Phi) is 4.81. The molecule has 0 aliphatic heterocycles. The lowest BCUT2D eigenvalue weighted by Gasteiger charge is -2.12. The number of esters is 1. The summed E-state index contributed by atoms with van der Waals surface area (Å²) in [5.41, 5.74) is 1.79. The van der Waals surface area contributed by atoms with Crippen LogP contribution in [-0.4, -0.2) is 13.1 Å². The summed E-state index contributed by atoms with van der Waals surface area (Å²) in [5, 5.41) is 8.95. The molecule has 0 bridgehead atoms. The van der Waals surface area contributed by atoms with Gasteiger partial charge in [-0.15, -0.1) is 0 Å². The van der Waals surface area contributed by atoms with Crippen LogP contribution in [0.15, 0.2) is 36.4 Å². The fraction of sp³-hybridized carbons (Fsp3) is 0.125. The van der Waals surface area contributed by atoms with Crippen molar-refractivity contribution in [1.82, 2.24) is 0 Å². The van der Waals surface area contributed by atoms with Gasteiger partial charge < -0.3 is 9.47 Å². The van der Waals surface area contributed by atoms with Crippen LogP contribution in [0.3, 0.4) is 0 Å². The average molecular weight is 393 g/mol. The number of benzene rings is 2. The van der Waals surface area contributed by atoms with E-state index in [1.54, 1.807) is 24.3 Å². The summed E-state index contributed by atoms with van der Waals surface area (Å²) in [6.07, 6.45) is 0. The normalized spacial score (nSPS) is 9.81. The molecular weight excluding hydrogens is 381 g/mol. The van der Waals surface area contributed by atoms with E-state index in [0.29, 0.717) is 26.2 Å². The van der Waals surface area contributed by atoms with E-state index < -0.39 is 5.97 Å². The van der Waals surface area contributed by atoms with Crippen molar-refractivity contribution in [2.45, 2.75) is 6.92 Å². The smallest absolute Gasteiger partial charge is 0.343 e. The molecule has 0 aromatic heterocycles. The second-order valence-electron chi connectivity index (χ2n) is 4.31. The highest BCUT2D eigenvalue weighted by molar-refractivity contribution is 14.1. The Balaban J connectivity index is 2.38. The molecule has 0 aliphatic rings. The van der Waals surface area contributed by atoms with Crippen LogP contribution < -0.4 is 9.47 Å². The van der Waals surface area contributed by atoms with Gasteiger partial charge in [0.25, 0.3) is 0 Å². The van der Waals surface area contributed by atoms with E-state index in [9.17, 15) is 4.79 Å². The molecule has 0 aliphatic carbocycles. The van der Waals surface area contributed by atoms with E-state index in [0.717, 1.165) is 5.56 Å². The van der Waals surface area contributed by atoms with Crippen molar-refractivity contribution in [1.29, 1.82) is 5.26 Å². The van der Waals surface area contributed by atoms with Gasteiger partial charge in [-0.25, -0.2) is 4.79 Å². The van der Waals surface area contributed by atoms with Crippen molar-refractivity contribution in [3.63, 3.8) is 0 Å². The summed E-state index contributed by atoms with van der Waals surface area (Å²) in [6, 6.07) is 12.4. The number of nitrogens with zero attached hydrogens (tertiary/aromatic N) is 1. The number of carbonyl (C=O) groups is 1. The van der Waals surface area contributed by atoms with E-state index in [2.05, 4.69) is 0 Å². The Morgan fingerprint density at radius 3 is 2.62 bits per heavy atom. The molecule has 0 saturated heterocycles. The first-order valence-corrected chi connectivity index (χ1v) is 7.20. The summed E-state index contributed by atoms with van der Waals surface area (Å²) in [6.45, 7) is 1.84. The van der Waals surface area contributed by atoms with Crippen molar-refractivity contribution in [2.24, 2.45) is 0 Å². The molecule has 0 amide bonds. The molecule has 0 atom stereocenters. The Labute approximate surface area is 136 Å². The van der Waals surface area contributed by atoms with Gasteiger partial charge in [-0.05, 0) is 47.2 Å². The van der Waals surface area contributed by atoms with Crippen molar-refractivity contribution >= 4 is 28.6 Å². The van der Waals surface area contributed by atoms with Crippen molar-refractivity contribution in [3.05, 3.63) is 56.7 Å². The minimum atomic E-state index is -0.450. The third-order valence-corrected chi connectivity index (χ3v) is 3.72.